The zero-order chi connectivity index (χ0) is 14.5. The molecule has 0 aliphatic heterocycles. The highest BCUT2D eigenvalue weighted by Crippen LogP contribution is 2.17. The number of nitrogens with zero attached hydrogens (tertiary/aromatic N) is 1. The molecule has 0 spiro atoms. The normalized spacial score (nSPS) is 8.37. The molecule has 0 amide bonds. The average Bonchev–Trinajstić information content (AvgIpc) is 2.41. The van der Waals surface area contributed by atoms with Crippen molar-refractivity contribution in [2.45, 2.75) is 0 Å². The molecule has 0 unspecified atom stereocenters. The average molecular weight is 280 g/mol. The van der Waals surface area contributed by atoms with Crippen LogP contribution in [0.3, 0.4) is 0 Å². The van der Waals surface area contributed by atoms with Crippen LogP contribution in [-0.2, 0) is 4.57 Å². The Balaban J connectivity index is 0.000000393. The van der Waals surface area contributed by atoms with Crippen LogP contribution in [0, 0.1) is 11.1 Å². The minimum atomic E-state index is -3.13. The van der Waals surface area contributed by atoms with E-state index in [1.807, 2.05) is 17.0 Å². The van der Waals surface area contributed by atoms with Gasteiger partial charge in [-0.05, 0) is 11.1 Å². The van der Waals surface area contributed by atoms with Crippen LogP contribution >= 0.6 is 8.25 Å². The van der Waals surface area contributed by atoms with Gasteiger partial charge in [-0.3, -0.25) is 4.57 Å². The van der Waals surface area contributed by atoms with Crippen molar-refractivity contribution < 1.29 is 14.4 Å². The maximum absolute atomic E-state index is 8.74. The van der Waals surface area contributed by atoms with E-state index in [0.29, 0.717) is 0 Å². The Morgan fingerprint density at radius 1 is 0.789 bits per heavy atom. The van der Waals surface area contributed by atoms with E-state index in [4.69, 9.17) is 25.4 Å². The van der Waals surface area contributed by atoms with Crippen molar-refractivity contribution >= 4 is 8.25 Å². The van der Waals surface area contributed by atoms with Gasteiger partial charge in [-0.2, -0.15) is 0 Å². The second kappa shape index (κ2) is 11.0. The molecule has 0 saturated carbocycles. The van der Waals surface area contributed by atoms with Crippen LogP contribution in [0.1, 0.15) is 0 Å². The molecule has 0 aromatic heterocycles. The SMILES string of the molecule is N=[N+]=N.O=[PH](O)O.c1ccc(-c2ccccc2)cc1. The van der Waals surface area contributed by atoms with Gasteiger partial charge in [0.15, 0.2) is 0 Å². The lowest BCUT2D eigenvalue weighted by Gasteiger charge is -1.98. The van der Waals surface area contributed by atoms with E-state index in [2.05, 4.69) is 48.5 Å². The molecule has 0 heterocycles. The zero-order valence-corrected chi connectivity index (χ0v) is 11.0. The summed E-state index contributed by atoms with van der Waals surface area (Å²) in [5.41, 5.74) is 13.6. The molecule has 0 radical (unpaired) electrons. The first-order valence-electron chi connectivity index (χ1n) is 5.17. The number of hydrogen-bond donors (Lipinski definition) is 4. The topological polar surface area (TPSA) is 119 Å². The molecular formula is C12H15N3O3P+. The molecule has 0 bridgehead atoms. The Hall–Kier alpha value is -2.10. The number of nitrogens with one attached hydrogen (secondary N) is 2. The van der Waals surface area contributed by atoms with Crippen LogP contribution in [0.15, 0.2) is 60.7 Å². The van der Waals surface area contributed by atoms with Gasteiger partial charge in [0.05, 0.1) is 0 Å². The molecule has 2 rings (SSSR count). The predicted molar refractivity (Wildman–Crippen MR) is 72.9 cm³/mol. The van der Waals surface area contributed by atoms with Crippen LogP contribution in [0.2, 0.25) is 0 Å². The fraction of sp³-hybridized carbons (Fsp3) is 0. The third-order valence-corrected chi connectivity index (χ3v) is 1.88. The maximum atomic E-state index is 8.74. The fourth-order valence-corrected chi connectivity index (χ4v) is 1.26. The molecule has 19 heavy (non-hydrogen) atoms. The molecule has 100 valence electrons. The van der Waals surface area contributed by atoms with Crippen molar-refractivity contribution in [1.82, 2.24) is 4.91 Å². The Bertz CT molecular complexity index is 473. The third-order valence-electron chi connectivity index (χ3n) is 1.88. The summed E-state index contributed by atoms with van der Waals surface area (Å²) < 4.78 is 8.74. The monoisotopic (exact) mass is 280 g/mol. The summed E-state index contributed by atoms with van der Waals surface area (Å²) in [7, 11) is -3.13. The van der Waals surface area contributed by atoms with Gasteiger partial charge in [-0.15, -0.1) is 0 Å². The Morgan fingerprint density at radius 2 is 1.00 bits per heavy atom. The van der Waals surface area contributed by atoms with E-state index in [-0.39, 0.29) is 0 Å². The minimum absolute atomic E-state index is 1.28. The molecular weight excluding hydrogens is 265 g/mol. The quantitative estimate of drug-likeness (QED) is 0.365. The largest absolute Gasteiger partial charge is 0.326 e. The molecule has 0 fully saturated rings. The van der Waals surface area contributed by atoms with Crippen molar-refractivity contribution in [3.63, 3.8) is 0 Å². The Morgan fingerprint density at radius 3 is 1.21 bits per heavy atom. The first-order valence-corrected chi connectivity index (χ1v) is 6.47. The third kappa shape index (κ3) is 9.59. The second-order valence-corrected chi connectivity index (χ2v) is 3.69. The lowest BCUT2D eigenvalue weighted by Crippen LogP contribution is -1.73. The van der Waals surface area contributed by atoms with E-state index in [0.717, 1.165) is 0 Å². The zero-order valence-electron chi connectivity index (χ0n) is 10.0. The van der Waals surface area contributed by atoms with E-state index < -0.39 is 8.25 Å². The van der Waals surface area contributed by atoms with Gasteiger partial charge in [-0.25, -0.2) is 0 Å². The van der Waals surface area contributed by atoms with E-state index in [1.54, 1.807) is 0 Å². The molecule has 2 aromatic rings. The van der Waals surface area contributed by atoms with E-state index in [1.165, 1.54) is 11.1 Å². The molecule has 0 saturated heterocycles. The standard InChI is InChI=1S/C12H10.H2N3.H3O3P/c1-3-7-11(8-4-1)12-9-5-2-6-10-12;1-3-2;1-4(2)3/h1-10H;1-2H;4H,(H2,1,2,3)/q;+1;. The lowest BCUT2D eigenvalue weighted by molar-refractivity contribution is 0.405. The van der Waals surface area contributed by atoms with Crippen molar-refractivity contribution in [1.29, 1.82) is 11.1 Å². The highest BCUT2D eigenvalue weighted by Gasteiger charge is 1.91. The molecule has 0 aliphatic carbocycles. The first kappa shape index (κ1) is 16.9. The molecule has 0 atom stereocenters. The molecule has 2 aromatic carbocycles. The van der Waals surface area contributed by atoms with E-state index >= 15 is 0 Å². The van der Waals surface area contributed by atoms with Crippen LogP contribution in [-0.4, -0.2) is 9.79 Å². The highest BCUT2D eigenvalue weighted by molar-refractivity contribution is 7.30. The molecule has 4 N–H and O–H groups in total. The van der Waals surface area contributed by atoms with Gasteiger partial charge >= 0.3 is 8.25 Å². The number of rotatable bonds is 1. The van der Waals surface area contributed by atoms with Gasteiger partial charge in [0.25, 0.3) is 0 Å². The smallest absolute Gasteiger partial charge is 0.314 e. The summed E-state index contributed by atoms with van der Waals surface area (Å²) in [6.45, 7) is 0. The Labute approximate surface area is 111 Å². The van der Waals surface area contributed by atoms with Crippen molar-refractivity contribution in [2.24, 2.45) is 0 Å². The van der Waals surface area contributed by atoms with Crippen molar-refractivity contribution in [2.75, 3.05) is 0 Å². The van der Waals surface area contributed by atoms with Crippen LogP contribution in [0.4, 0.5) is 0 Å². The molecule has 7 heteroatoms. The summed E-state index contributed by atoms with van der Waals surface area (Å²) in [6.07, 6.45) is 0. The van der Waals surface area contributed by atoms with E-state index in [9.17, 15) is 0 Å². The fourth-order valence-electron chi connectivity index (χ4n) is 1.26. The predicted octanol–water partition coefficient (Wildman–Crippen LogP) is 2.83. The van der Waals surface area contributed by atoms with Gasteiger partial charge < -0.3 is 9.79 Å². The minimum Gasteiger partial charge on any atom is -0.326 e. The maximum Gasteiger partial charge on any atom is 0.314 e. The summed E-state index contributed by atoms with van der Waals surface area (Å²) in [5, 5.41) is 0. The second-order valence-electron chi connectivity index (χ2n) is 3.13. The van der Waals surface area contributed by atoms with Crippen LogP contribution in [0.25, 0.3) is 11.1 Å². The summed E-state index contributed by atoms with van der Waals surface area (Å²) in [6, 6.07) is 20.8. The summed E-state index contributed by atoms with van der Waals surface area (Å²) >= 11 is 0. The summed E-state index contributed by atoms with van der Waals surface area (Å²) in [4.78, 5) is 16.3. The molecule has 6 nitrogen and oxygen atoms in total. The van der Waals surface area contributed by atoms with Crippen molar-refractivity contribution in [3.05, 3.63) is 60.7 Å². The van der Waals surface area contributed by atoms with Crippen molar-refractivity contribution in [3.8, 4) is 11.1 Å². The summed E-state index contributed by atoms with van der Waals surface area (Å²) in [5.74, 6) is 0. The highest BCUT2D eigenvalue weighted by atomic mass is 31.1. The molecule has 0 aliphatic rings. The van der Waals surface area contributed by atoms with Crippen LogP contribution < -0.4 is 4.91 Å². The van der Waals surface area contributed by atoms with Gasteiger partial charge in [0, 0.05) is 0 Å². The lowest BCUT2D eigenvalue weighted by atomic mass is 10.1. The van der Waals surface area contributed by atoms with Crippen LogP contribution in [0.5, 0.6) is 0 Å². The van der Waals surface area contributed by atoms with Gasteiger partial charge in [-0.1, -0.05) is 60.7 Å². The number of hydrogen-bond acceptors (Lipinski definition) is 3. The van der Waals surface area contributed by atoms with Gasteiger partial charge in [0.1, 0.15) is 11.1 Å². The van der Waals surface area contributed by atoms with Gasteiger partial charge in [0.2, 0.25) is 4.91 Å². The first-order chi connectivity index (χ1) is 9.11. The number of benzene rings is 2. The Kier molecular flexibility index (Phi) is 9.80.